The Morgan fingerprint density at radius 3 is 2.25 bits per heavy atom. The van der Waals surface area contributed by atoms with Crippen molar-refractivity contribution < 1.29 is 14.6 Å². The highest BCUT2D eigenvalue weighted by atomic mass is 16.5. The van der Waals surface area contributed by atoms with Gasteiger partial charge in [0.1, 0.15) is 11.5 Å². The van der Waals surface area contributed by atoms with E-state index in [1.807, 2.05) is 19.1 Å². The molecule has 1 N–H and O–H groups in total. The number of aryl methyl sites for hydroxylation is 1. The lowest BCUT2D eigenvalue weighted by molar-refractivity contribution is 0.0648. The van der Waals surface area contributed by atoms with Crippen molar-refractivity contribution in [2.75, 3.05) is 14.2 Å². The van der Waals surface area contributed by atoms with Crippen LogP contribution in [0.25, 0.3) is 0 Å². The predicted octanol–water partition coefficient (Wildman–Crippen LogP) is 2.25. The van der Waals surface area contributed by atoms with Crippen LogP contribution in [0.4, 0.5) is 0 Å². The van der Waals surface area contributed by atoms with E-state index >= 15 is 0 Å². The minimum absolute atomic E-state index is 0.199. The fourth-order valence-corrected chi connectivity index (χ4v) is 2.21. The number of rotatable bonds is 3. The summed E-state index contributed by atoms with van der Waals surface area (Å²) in [5, 5.41) is 9.72. The molecule has 2 unspecified atom stereocenters. The van der Waals surface area contributed by atoms with Crippen LogP contribution < -0.4 is 9.47 Å². The maximum atomic E-state index is 9.72. The van der Waals surface area contributed by atoms with Gasteiger partial charge in [-0.05, 0) is 37.5 Å². The van der Waals surface area contributed by atoms with Gasteiger partial charge < -0.3 is 14.6 Å². The van der Waals surface area contributed by atoms with E-state index in [0.717, 1.165) is 35.5 Å². The van der Waals surface area contributed by atoms with Gasteiger partial charge in [0.15, 0.2) is 0 Å². The van der Waals surface area contributed by atoms with Crippen molar-refractivity contribution in [1.82, 2.24) is 0 Å². The van der Waals surface area contributed by atoms with Crippen LogP contribution in [0.2, 0.25) is 0 Å². The topological polar surface area (TPSA) is 38.7 Å². The number of aliphatic hydroxyl groups excluding tert-OH is 1. The molecule has 1 aliphatic carbocycles. The quantitative estimate of drug-likeness (QED) is 0.852. The molecule has 0 aliphatic heterocycles. The Morgan fingerprint density at radius 1 is 1.12 bits per heavy atom. The molecule has 0 aromatic heterocycles. The van der Waals surface area contributed by atoms with Crippen LogP contribution in [0.3, 0.4) is 0 Å². The number of hydrogen-bond acceptors (Lipinski definition) is 3. The Bertz CT molecular complexity index is 387. The first kappa shape index (κ1) is 11.3. The van der Waals surface area contributed by atoms with Crippen molar-refractivity contribution >= 4 is 0 Å². The Kier molecular flexibility index (Phi) is 3.06. The summed E-state index contributed by atoms with van der Waals surface area (Å²) in [6.07, 6.45) is 1.66. The zero-order valence-corrected chi connectivity index (χ0v) is 9.99. The summed E-state index contributed by atoms with van der Waals surface area (Å²) in [7, 11) is 3.32. The Morgan fingerprint density at radius 2 is 1.81 bits per heavy atom. The van der Waals surface area contributed by atoms with Crippen molar-refractivity contribution in [1.29, 1.82) is 0 Å². The third-order valence-corrected chi connectivity index (χ3v) is 3.38. The van der Waals surface area contributed by atoms with Crippen molar-refractivity contribution in [2.24, 2.45) is 0 Å². The standard InChI is InChI=1S/C13H18O3/c1-8-6-13(16-3)10(7-12(8)15-2)9-4-5-11(9)14/h6-7,9,11,14H,4-5H2,1-3H3. The minimum Gasteiger partial charge on any atom is -0.496 e. The minimum atomic E-state index is -0.235. The number of hydrogen-bond donors (Lipinski definition) is 1. The molecule has 16 heavy (non-hydrogen) atoms. The molecular formula is C13H18O3. The predicted molar refractivity (Wildman–Crippen MR) is 62.3 cm³/mol. The Labute approximate surface area is 96.0 Å². The molecule has 0 heterocycles. The second-order valence-electron chi connectivity index (χ2n) is 4.31. The first-order valence-electron chi connectivity index (χ1n) is 5.58. The molecule has 2 rings (SSSR count). The lowest BCUT2D eigenvalue weighted by Crippen LogP contribution is -2.29. The van der Waals surface area contributed by atoms with E-state index in [0.29, 0.717) is 0 Å². The average molecular weight is 222 g/mol. The van der Waals surface area contributed by atoms with Crippen LogP contribution in [0.15, 0.2) is 12.1 Å². The summed E-state index contributed by atoms with van der Waals surface area (Å²) in [5.41, 5.74) is 2.11. The zero-order valence-electron chi connectivity index (χ0n) is 9.99. The van der Waals surface area contributed by atoms with E-state index in [9.17, 15) is 5.11 Å². The molecule has 1 saturated carbocycles. The van der Waals surface area contributed by atoms with Gasteiger partial charge in [-0.2, -0.15) is 0 Å². The molecular weight excluding hydrogens is 204 g/mol. The summed E-state index contributed by atoms with van der Waals surface area (Å²) < 4.78 is 10.7. The van der Waals surface area contributed by atoms with Crippen molar-refractivity contribution in [3.8, 4) is 11.5 Å². The SMILES string of the molecule is COc1cc(C2CCC2O)c(OC)cc1C. The third kappa shape index (κ3) is 1.76. The fourth-order valence-electron chi connectivity index (χ4n) is 2.21. The van der Waals surface area contributed by atoms with Gasteiger partial charge in [-0.25, -0.2) is 0 Å². The molecule has 3 heteroatoms. The number of ether oxygens (including phenoxy) is 2. The molecule has 1 fully saturated rings. The van der Waals surface area contributed by atoms with Gasteiger partial charge in [0, 0.05) is 11.5 Å². The van der Waals surface area contributed by atoms with Crippen molar-refractivity contribution in [2.45, 2.75) is 31.8 Å². The van der Waals surface area contributed by atoms with Gasteiger partial charge in [-0.1, -0.05) is 0 Å². The summed E-state index contributed by atoms with van der Waals surface area (Å²) in [5.74, 6) is 1.90. The Balaban J connectivity index is 2.41. The largest absolute Gasteiger partial charge is 0.496 e. The van der Waals surface area contributed by atoms with Gasteiger partial charge in [-0.15, -0.1) is 0 Å². The average Bonchev–Trinajstić information content (AvgIpc) is 2.28. The molecule has 88 valence electrons. The van der Waals surface area contributed by atoms with Gasteiger partial charge in [0.25, 0.3) is 0 Å². The van der Waals surface area contributed by atoms with Gasteiger partial charge in [0.05, 0.1) is 20.3 Å². The first-order valence-corrected chi connectivity index (χ1v) is 5.58. The fraction of sp³-hybridized carbons (Fsp3) is 0.538. The second kappa shape index (κ2) is 4.34. The smallest absolute Gasteiger partial charge is 0.122 e. The Hall–Kier alpha value is -1.22. The van der Waals surface area contributed by atoms with E-state index < -0.39 is 0 Å². The second-order valence-corrected chi connectivity index (χ2v) is 4.31. The third-order valence-electron chi connectivity index (χ3n) is 3.38. The molecule has 0 bridgehead atoms. The molecule has 0 radical (unpaired) electrons. The van der Waals surface area contributed by atoms with E-state index in [1.165, 1.54) is 0 Å². The summed E-state index contributed by atoms with van der Waals surface area (Å²) >= 11 is 0. The van der Waals surface area contributed by atoms with E-state index in [4.69, 9.17) is 9.47 Å². The molecule has 1 aromatic carbocycles. The van der Waals surface area contributed by atoms with Crippen LogP contribution >= 0.6 is 0 Å². The molecule has 0 amide bonds. The normalized spacial score (nSPS) is 23.8. The lowest BCUT2D eigenvalue weighted by Gasteiger charge is -2.34. The van der Waals surface area contributed by atoms with Crippen LogP contribution in [-0.2, 0) is 0 Å². The van der Waals surface area contributed by atoms with Crippen molar-refractivity contribution in [3.05, 3.63) is 23.3 Å². The number of methoxy groups -OCH3 is 2. The molecule has 0 spiro atoms. The maximum Gasteiger partial charge on any atom is 0.122 e. The number of aliphatic hydroxyl groups is 1. The van der Waals surface area contributed by atoms with Crippen molar-refractivity contribution in [3.63, 3.8) is 0 Å². The van der Waals surface area contributed by atoms with E-state index in [1.54, 1.807) is 14.2 Å². The maximum absolute atomic E-state index is 9.72. The van der Waals surface area contributed by atoms with E-state index in [2.05, 4.69) is 0 Å². The molecule has 3 nitrogen and oxygen atoms in total. The molecule has 1 aliphatic rings. The summed E-state index contributed by atoms with van der Waals surface area (Å²) in [6, 6.07) is 3.96. The van der Waals surface area contributed by atoms with Gasteiger partial charge in [0.2, 0.25) is 0 Å². The molecule has 1 aromatic rings. The summed E-state index contributed by atoms with van der Waals surface area (Å²) in [6.45, 7) is 1.99. The highest BCUT2D eigenvalue weighted by Gasteiger charge is 2.32. The lowest BCUT2D eigenvalue weighted by atomic mass is 9.76. The highest BCUT2D eigenvalue weighted by molar-refractivity contribution is 5.48. The first-order chi connectivity index (χ1) is 7.67. The van der Waals surface area contributed by atoms with Crippen LogP contribution in [-0.4, -0.2) is 25.4 Å². The van der Waals surface area contributed by atoms with E-state index in [-0.39, 0.29) is 12.0 Å². The van der Waals surface area contributed by atoms with Crippen LogP contribution in [0.1, 0.15) is 29.9 Å². The summed E-state index contributed by atoms with van der Waals surface area (Å²) in [4.78, 5) is 0. The zero-order chi connectivity index (χ0) is 11.7. The number of benzene rings is 1. The monoisotopic (exact) mass is 222 g/mol. The highest BCUT2D eigenvalue weighted by Crippen LogP contribution is 2.43. The van der Waals surface area contributed by atoms with Crippen LogP contribution in [0.5, 0.6) is 11.5 Å². The van der Waals surface area contributed by atoms with Gasteiger partial charge in [-0.3, -0.25) is 0 Å². The molecule has 2 atom stereocenters. The van der Waals surface area contributed by atoms with Crippen LogP contribution in [0, 0.1) is 6.92 Å². The van der Waals surface area contributed by atoms with Gasteiger partial charge >= 0.3 is 0 Å². The molecule has 0 saturated heterocycles.